The molecule has 0 saturated heterocycles. The summed E-state index contributed by atoms with van der Waals surface area (Å²) in [5.74, 6) is 0. The zero-order valence-corrected chi connectivity index (χ0v) is 15.1. The Bertz CT molecular complexity index is 550. The van der Waals surface area contributed by atoms with Crippen molar-refractivity contribution in [3.8, 4) is 0 Å². The van der Waals surface area contributed by atoms with Gasteiger partial charge in [-0.25, -0.2) is 9.19 Å². The average molecular weight is 516 g/mol. The van der Waals surface area contributed by atoms with Gasteiger partial charge in [0.1, 0.15) is 7.43 Å². The third-order valence-electron chi connectivity index (χ3n) is 1.79. The summed E-state index contributed by atoms with van der Waals surface area (Å²) < 4.78 is 13.0. The Labute approximate surface area is 131 Å². The lowest BCUT2D eigenvalue weighted by Gasteiger charge is -2.04. The first-order valence-corrected chi connectivity index (χ1v) is 14.2. The lowest BCUT2D eigenvalue weighted by molar-refractivity contribution is 0.689. The van der Waals surface area contributed by atoms with Crippen LogP contribution >= 0.6 is 68.7 Å². The molecule has 86 valence electrons. The molecule has 3 nitrogen and oxygen atoms in total. The minimum Gasteiger partial charge on any atom is -0.270 e. The van der Waals surface area contributed by atoms with Gasteiger partial charge >= 0.3 is 0 Å². The van der Waals surface area contributed by atoms with Gasteiger partial charge in [0.15, 0.2) is 15.7 Å². The fraction of sp³-hybridized carbons (Fsp3) is 0. The van der Waals surface area contributed by atoms with Crippen molar-refractivity contribution in [2.24, 2.45) is 0 Å². The van der Waals surface area contributed by atoms with Crippen LogP contribution in [-0.2, 0) is 10.0 Å². The Balaban J connectivity index is 2.51. The Morgan fingerprint density at radius 2 is 2.19 bits per heavy atom. The summed E-state index contributed by atoms with van der Waals surface area (Å²) in [6, 6.07) is 5.57. The van der Waals surface area contributed by atoms with Crippen molar-refractivity contribution in [2.75, 3.05) is 0 Å². The van der Waals surface area contributed by atoms with Gasteiger partial charge in [0, 0.05) is 23.2 Å². The van der Waals surface area contributed by atoms with E-state index < -0.39 is 10.0 Å². The normalized spacial score (nSPS) is 13.5. The zero-order valence-electron chi connectivity index (χ0n) is 7.51. The van der Waals surface area contributed by atoms with Crippen LogP contribution in [0.25, 0.3) is 11.0 Å². The summed E-state index contributed by atoms with van der Waals surface area (Å²) >= 11 is 6.46. The van der Waals surface area contributed by atoms with Crippen LogP contribution in [-0.4, -0.2) is 13.2 Å². The lowest BCUT2D eigenvalue weighted by Crippen LogP contribution is -1.90. The van der Waals surface area contributed by atoms with E-state index in [-0.39, 0.29) is 2.41 Å². The number of nitrogens with zero attached hydrogens (tertiary/aromatic N) is 2. The lowest BCUT2D eigenvalue weighted by atomic mass is 10.3. The number of aromatic nitrogens is 2. The molecule has 16 heavy (non-hydrogen) atoms. The van der Waals surface area contributed by atoms with Gasteiger partial charge in [-0.05, 0) is 73.0 Å². The molecule has 2 rings (SSSR count). The zero-order chi connectivity index (χ0) is 11.7. The molecule has 2 aromatic heterocycles. The quantitative estimate of drug-likeness (QED) is 0.331. The van der Waals surface area contributed by atoms with E-state index in [4.69, 9.17) is 10.7 Å². The Hall–Kier alpha value is 1.37. The van der Waals surface area contributed by atoms with Gasteiger partial charge < -0.3 is 0 Å². The highest BCUT2D eigenvalue weighted by Crippen LogP contribution is 2.65. The van der Waals surface area contributed by atoms with Crippen LogP contribution in [0, 0.1) is 0 Å². The molecule has 0 aliphatic carbocycles. The summed E-state index contributed by atoms with van der Waals surface area (Å²) in [5.41, 5.74) is 0.817. The molecule has 0 bridgehead atoms. The highest BCUT2D eigenvalue weighted by atomic mass is 127. The molecular weight excluding hydrogens is 512 g/mol. The molecule has 0 aliphatic heterocycles. The van der Waals surface area contributed by atoms with Crippen molar-refractivity contribution in [1.29, 1.82) is 0 Å². The number of rotatable bonds is 3. The standard InChI is InChI=1S/C7H4ClI2N2OPS2/c8-16(13)6-2-1-5-3-4-12(7(5)11-6)15-14(9)10/h1-4H. The van der Waals surface area contributed by atoms with E-state index >= 15 is 0 Å². The number of pyridine rings is 1. The van der Waals surface area contributed by atoms with Gasteiger partial charge in [0.25, 0.3) is 0 Å². The largest absolute Gasteiger partial charge is 0.270 e. The van der Waals surface area contributed by atoms with E-state index in [1.54, 1.807) is 17.6 Å². The number of hydrogen-bond acceptors (Lipinski definition) is 3. The maximum absolute atomic E-state index is 11.1. The molecule has 2 heterocycles. The van der Waals surface area contributed by atoms with Gasteiger partial charge in [-0.2, -0.15) is 0 Å². The van der Waals surface area contributed by atoms with Crippen molar-refractivity contribution >= 4 is 89.8 Å². The molecule has 1 unspecified atom stereocenters. The van der Waals surface area contributed by atoms with E-state index in [2.05, 4.69) is 49.1 Å². The average Bonchev–Trinajstić information content (AvgIpc) is 2.60. The third kappa shape index (κ3) is 3.23. The van der Waals surface area contributed by atoms with Crippen molar-refractivity contribution in [3.05, 3.63) is 24.4 Å². The van der Waals surface area contributed by atoms with E-state index in [9.17, 15) is 4.21 Å². The molecule has 0 N–H and O–H groups in total. The number of hydrogen-bond donors (Lipinski definition) is 0. The first-order chi connectivity index (χ1) is 7.58. The summed E-state index contributed by atoms with van der Waals surface area (Å²) in [4.78, 5) is 4.30. The highest BCUT2D eigenvalue weighted by Gasteiger charge is 2.09. The molecule has 0 spiro atoms. The second-order valence-corrected chi connectivity index (χ2v) is 22.2. The van der Waals surface area contributed by atoms with Crippen LogP contribution in [0.15, 0.2) is 29.4 Å². The predicted octanol–water partition coefficient (Wildman–Crippen LogP) is 4.89. The summed E-state index contributed by atoms with van der Waals surface area (Å²) in [6.07, 6.45) is 1.97. The van der Waals surface area contributed by atoms with E-state index in [1.165, 1.54) is 0 Å². The predicted molar refractivity (Wildman–Crippen MR) is 89.9 cm³/mol. The molecular formula is C7H4ClI2N2OPS2. The van der Waals surface area contributed by atoms with Crippen LogP contribution in [0.1, 0.15) is 0 Å². The van der Waals surface area contributed by atoms with Crippen LogP contribution in [0.3, 0.4) is 0 Å². The molecule has 0 saturated carbocycles. The second-order valence-electron chi connectivity index (χ2n) is 2.71. The number of halogens is 3. The Morgan fingerprint density at radius 3 is 2.81 bits per heavy atom. The third-order valence-corrected chi connectivity index (χ3v) is 7.49. The topological polar surface area (TPSA) is 34.9 Å². The van der Waals surface area contributed by atoms with Gasteiger partial charge in [-0.3, -0.25) is 3.97 Å². The minimum atomic E-state index is -1.55. The smallest absolute Gasteiger partial charge is 0.166 e. The van der Waals surface area contributed by atoms with Crippen LogP contribution in [0.4, 0.5) is 0 Å². The summed E-state index contributed by atoms with van der Waals surface area (Å²) in [6.45, 7) is 0. The van der Waals surface area contributed by atoms with Crippen LogP contribution < -0.4 is 0 Å². The van der Waals surface area contributed by atoms with Crippen LogP contribution in [0.5, 0.6) is 0 Å². The van der Waals surface area contributed by atoms with Gasteiger partial charge in [0.05, 0.1) is 0 Å². The molecule has 0 radical (unpaired) electrons. The molecule has 0 fully saturated rings. The van der Waals surface area contributed by atoms with E-state index in [1.807, 2.05) is 22.3 Å². The number of fused-ring (bicyclic) bond motifs is 1. The SMILES string of the molecule is O=S(Cl)c1ccc2ccn(SP(I)I)c2n1. The maximum Gasteiger partial charge on any atom is 0.166 e. The Kier molecular flexibility index (Phi) is 5.18. The summed E-state index contributed by atoms with van der Waals surface area (Å²) in [7, 11) is 3.97. The molecule has 2 aromatic rings. The maximum atomic E-state index is 11.1. The van der Waals surface area contributed by atoms with E-state index in [0.717, 1.165) is 11.0 Å². The first kappa shape index (κ1) is 13.8. The van der Waals surface area contributed by atoms with Crippen LogP contribution in [0.2, 0.25) is 0 Å². The van der Waals surface area contributed by atoms with Crippen molar-refractivity contribution in [2.45, 2.75) is 5.03 Å². The molecule has 1 atom stereocenters. The van der Waals surface area contributed by atoms with Gasteiger partial charge in [-0.15, -0.1) is 0 Å². The monoisotopic (exact) mass is 516 g/mol. The van der Waals surface area contributed by atoms with E-state index in [0.29, 0.717) is 5.03 Å². The molecule has 0 aliphatic rings. The summed E-state index contributed by atoms with van der Waals surface area (Å²) in [5, 5.41) is 1.43. The fourth-order valence-electron chi connectivity index (χ4n) is 1.19. The van der Waals surface area contributed by atoms with Crippen molar-refractivity contribution < 1.29 is 4.21 Å². The fourth-order valence-corrected chi connectivity index (χ4v) is 6.46. The van der Waals surface area contributed by atoms with Crippen molar-refractivity contribution in [1.82, 2.24) is 8.96 Å². The second kappa shape index (κ2) is 6.01. The van der Waals surface area contributed by atoms with Gasteiger partial charge in [-0.1, -0.05) is 0 Å². The Morgan fingerprint density at radius 1 is 1.44 bits per heavy atom. The van der Waals surface area contributed by atoms with Gasteiger partial charge in [0.2, 0.25) is 0 Å². The first-order valence-electron chi connectivity index (χ1n) is 3.94. The molecule has 0 amide bonds. The highest BCUT2D eigenvalue weighted by molar-refractivity contribution is 14.3. The molecule has 0 aromatic carbocycles. The van der Waals surface area contributed by atoms with Crippen molar-refractivity contribution in [3.63, 3.8) is 0 Å². The molecule has 9 heteroatoms. The minimum absolute atomic E-state index is 0.178.